The predicted octanol–water partition coefficient (Wildman–Crippen LogP) is 2.74. The number of aromatic nitrogens is 1. The van der Waals surface area contributed by atoms with Crippen LogP contribution in [-0.2, 0) is 6.54 Å². The van der Waals surface area contributed by atoms with Crippen molar-refractivity contribution < 1.29 is 14.6 Å². The zero-order chi connectivity index (χ0) is 15.1. The lowest BCUT2D eigenvalue weighted by Crippen LogP contribution is -2.21. The van der Waals surface area contributed by atoms with Crippen molar-refractivity contribution in [2.24, 2.45) is 0 Å². The molecule has 0 aliphatic heterocycles. The van der Waals surface area contributed by atoms with Crippen molar-refractivity contribution in [3.8, 4) is 5.75 Å². The third kappa shape index (κ3) is 4.84. The molecule has 0 spiro atoms. The zero-order valence-corrected chi connectivity index (χ0v) is 12.7. The third-order valence-corrected chi connectivity index (χ3v) is 3.61. The van der Waals surface area contributed by atoms with Gasteiger partial charge in [-0.3, -0.25) is 0 Å². The molecule has 2 aromatic rings. The van der Waals surface area contributed by atoms with Crippen molar-refractivity contribution in [3.63, 3.8) is 0 Å². The molecular weight excluding hydrogens is 288 g/mol. The molecule has 0 aliphatic rings. The van der Waals surface area contributed by atoms with Crippen LogP contribution in [0.3, 0.4) is 0 Å². The summed E-state index contributed by atoms with van der Waals surface area (Å²) in [6.45, 7) is 2.17. The second kappa shape index (κ2) is 7.75. The summed E-state index contributed by atoms with van der Waals surface area (Å²) in [7, 11) is 2.03. The van der Waals surface area contributed by atoms with Crippen molar-refractivity contribution in [2.75, 3.05) is 20.2 Å². The highest BCUT2D eigenvalue weighted by Gasteiger charge is 2.10. The van der Waals surface area contributed by atoms with E-state index < -0.39 is 5.97 Å². The van der Waals surface area contributed by atoms with Gasteiger partial charge in [-0.05, 0) is 25.6 Å². The van der Waals surface area contributed by atoms with E-state index in [2.05, 4.69) is 9.88 Å². The van der Waals surface area contributed by atoms with Gasteiger partial charge in [-0.1, -0.05) is 12.1 Å². The van der Waals surface area contributed by atoms with E-state index >= 15 is 0 Å². The number of hydrogen-bond donors (Lipinski definition) is 1. The number of para-hydroxylation sites is 1. The van der Waals surface area contributed by atoms with Crippen molar-refractivity contribution in [1.29, 1.82) is 0 Å². The van der Waals surface area contributed by atoms with Crippen LogP contribution in [0.15, 0.2) is 35.2 Å². The topological polar surface area (TPSA) is 62.7 Å². The average Bonchev–Trinajstić information content (AvgIpc) is 2.96. The largest absolute Gasteiger partial charge is 0.493 e. The highest BCUT2D eigenvalue weighted by atomic mass is 32.1. The zero-order valence-electron chi connectivity index (χ0n) is 11.9. The Morgan fingerprint density at radius 2 is 2.24 bits per heavy atom. The molecule has 0 atom stereocenters. The summed E-state index contributed by atoms with van der Waals surface area (Å²) < 4.78 is 5.56. The summed E-state index contributed by atoms with van der Waals surface area (Å²) in [4.78, 5) is 17.5. The van der Waals surface area contributed by atoms with Crippen molar-refractivity contribution in [2.45, 2.75) is 13.0 Å². The summed E-state index contributed by atoms with van der Waals surface area (Å²) in [5, 5.41) is 11.1. The van der Waals surface area contributed by atoms with Gasteiger partial charge in [0.2, 0.25) is 0 Å². The van der Waals surface area contributed by atoms with Gasteiger partial charge in [0, 0.05) is 18.5 Å². The van der Waals surface area contributed by atoms with Gasteiger partial charge >= 0.3 is 5.97 Å². The van der Waals surface area contributed by atoms with Crippen LogP contribution >= 0.6 is 11.3 Å². The van der Waals surface area contributed by atoms with Gasteiger partial charge in [-0.25, -0.2) is 9.78 Å². The molecular formula is C15H18N2O3S. The van der Waals surface area contributed by atoms with Crippen LogP contribution in [0.2, 0.25) is 0 Å². The Labute approximate surface area is 127 Å². The van der Waals surface area contributed by atoms with Gasteiger partial charge in [0.25, 0.3) is 0 Å². The Morgan fingerprint density at radius 1 is 1.43 bits per heavy atom. The fourth-order valence-corrected chi connectivity index (χ4v) is 2.51. The molecule has 0 bridgehead atoms. The molecule has 1 N–H and O–H groups in total. The number of benzene rings is 1. The Morgan fingerprint density at radius 3 is 2.95 bits per heavy atom. The number of carboxylic acid groups (broad SMARTS) is 1. The van der Waals surface area contributed by atoms with Gasteiger partial charge in [0.15, 0.2) is 0 Å². The number of aromatic carboxylic acids is 1. The highest BCUT2D eigenvalue weighted by molar-refractivity contribution is 7.07. The number of rotatable bonds is 8. The van der Waals surface area contributed by atoms with Gasteiger partial charge in [0.1, 0.15) is 11.3 Å². The summed E-state index contributed by atoms with van der Waals surface area (Å²) in [6.07, 6.45) is 0.828. The first kappa shape index (κ1) is 15.5. The maximum Gasteiger partial charge on any atom is 0.339 e. The van der Waals surface area contributed by atoms with E-state index in [0.29, 0.717) is 12.4 Å². The quantitative estimate of drug-likeness (QED) is 0.760. The first-order valence-corrected chi connectivity index (χ1v) is 7.62. The van der Waals surface area contributed by atoms with E-state index in [1.807, 2.05) is 17.9 Å². The lowest BCUT2D eigenvalue weighted by Gasteiger charge is -2.15. The molecule has 6 heteroatoms. The molecule has 2 rings (SSSR count). The monoisotopic (exact) mass is 306 g/mol. The van der Waals surface area contributed by atoms with Crippen LogP contribution < -0.4 is 4.74 Å². The lowest BCUT2D eigenvalue weighted by atomic mass is 10.2. The van der Waals surface area contributed by atoms with E-state index in [1.54, 1.807) is 35.6 Å². The van der Waals surface area contributed by atoms with Gasteiger partial charge in [-0.2, -0.15) is 0 Å². The molecule has 0 fully saturated rings. The minimum atomic E-state index is -0.966. The Bertz CT molecular complexity index is 572. The van der Waals surface area contributed by atoms with Crippen LogP contribution in [-0.4, -0.2) is 41.2 Å². The lowest BCUT2D eigenvalue weighted by molar-refractivity contribution is 0.0692. The van der Waals surface area contributed by atoms with Gasteiger partial charge < -0.3 is 14.7 Å². The maximum atomic E-state index is 11.0. The molecule has 0 unspecified atom stereocenters. The number of carboxylic acids is 1. The fourth-order valence-electron chi connectivity index (χ4n) is 1.96. The maximum absolute atomic E-state index is 11.0. The molecule has 0 aliphatic carbocycles. The molecule has 0 amide bonds. The van der Waals surface area contributed by atoms with Crippen LogP contribution in [0, 0.1) is 0 Å². The van der Waals surface area contributed by atoms with Crippen LogP contribution in [0.5, 0.6) is 5.75 Å². The number of thiazole rings is 1. The Kier molecular flexibility index (Phi) is 5.71. The number of ether oxygens (including phenoxy) is 1. The van der Waals surface area contributed by atoms with Crippen LogP contribution in [0.1, 0.15) is 22.5 Å². The first-order valence-electron chi connectivity index (χ1n) is 6.67. The Hall–Kier alpha value is -1.92. The second-order valence-corrected chi connectivity index (χ2v) is 5.44. The molecule has 5 nitrogen and oxygen atoms in total. The van der Waals surface area contributed by atoms with Crippen molar-refractivity contribution >= 4 is 17.3 Å². The number of carbonyl (C=O) groups is 1. The fraction of sp³-hybridized carbons (Fsp3) is 0.333. The molecule has 0 radical (unpaired) electrons. The predicted molar refractivity (Wildman–Crippen MR) is 82.0 cm³/mol. The molecule has 1 heterocycles. The minimum absolute atomic E-state index is 0.202. The van der Waals surface area contributed by atoms with E-state index in [9.17, 15) is 4.79 Å². The molecule has 0 saturated heterocycles. The van der Waals surface area contributed by atoms with E-state index in [1.165, 1.54) is 0 Å². The van der Waals surface area contributed by atoms with Gasteiger partial charge in [-0.15, -0.1) is 11.3 Å². The van der Waals surface area contributed by atoms with Crippen LogP contribution in [0.4, 0.5) is 0 Å². The standard InChI is InChI=1S/C15H18N2O3S/c1-17(9-12-10-21-11-16-12)7-4-8-20-14-6-3-2-5-13(14)15(18)19/h2-3,5-6,10-11H,4,7-9H2,1H3,(H,18,19). The SMILES string of the molecule is CN(CCCOc1ccccc1C(=O)O)Cc1cscn1. The normalized spacial score (nSPS) is 10.8. The molecule has 0 saturated carbocycles. The van der Waals surface area contributed by atoms with Crippen LogP contribution in [0.25, 0.3) is 0 Å². The van der Waals surface area contributed by atoms with E-state index in [-0.39, 0.29) is 5.56 Å². The smallest absolute Gasteiger partial charge is 0.339 e. The molecule has 1 aromatic carbocycles. The summed E-state index contributed by atoms with van der Waals surface area (Å²) >= 11 is 1.59. The second-order valence-electron chi connectivity index (χ2n) is 4.72. The highest BCUT2D eigenvalue weighted by Crippen LogP contribution is 2.17. The van der Waals surface area contributed by atoms with E-state index in [0.717, 1.165) is 25.2 Å². The molecule has 21 heavy (non-hydrogen) atoms. The first-order chi connectivity index (χ1) is 10.2. The Balaban J connectivity index is 1.73. The van der Waals surface area contributed by atoms with Crippen molar-refractivity contribution in [3.05, 3.63) is 46.4 Å². The summed E-state index contributed by atoms with van der Waals surface area (Å²) in [5.41, 5.74) is 3.10. The summed E-state index contributed by atoms with van der Waals surface area (Å²) in [5.74, 6) is -0.543. The average molecular weight is 306 g/mol. The van der Waals surface area contributed by atoms with E-state index in [4.69, 9.17) is 9.84 Å². The molecule has 112 valence electrons. The summed E-state index contributed by atoms with van der Waals surface area (Å²) in [6, 6.07) is 6.70. The number of nitrogens with zero attached hydrogens (tertiary/aromatic N) is 2. The molecule has 1 aromatic heterocycles. The van der Waals surface area contributed by atoms with Gasteiger partial charge in [0.05, 0.1) is 17.8 Å². The third-order valence-electron chi connectivity index (χ3n) is 2.97. The van der Waals surface area contributed by atoms with Crippen molar-refractivity contribution in [1.82, 2.24) is 9.88 Å². The minimum Gasteiger partial charge on any atom is -0.493 e. The number of hydrogen-bond acceptors (Lipinski definition) is 5.